The second kappa shape index (κ2) is 5.41. The summed E-state index contributed by atoms with van der Waals surface area (Å²) in [7, 11) is 0. The van der Waals surface area contributed by atoms with Crippen LogP contribution in [0.5, 0.6) is 0 Å². The van der Waals surface area contributed by atoms with Crippen molar-refractivity contribution >= 4 is 6.03 Å². The van der Waals surface area contributed by atoms with Gasteiger partial charge >= 0.3 is 6.03 Å². The number of hydrogen-bond donors (Lipinski definition) is 3. The maximum Gasteiger partial charge on any atom is 0.422 e. The minimum Gasteiger partial charge on any atom is -0.347 e. The molecule has 1 rings (SSSR count). The first kappa shape index (κ1) is 12.4. The lowest BCUT2D eigenvalue weighted by Gasteiger charge is -2.40. The predicted octanol–water partition coefficient (Wildman–Crippen LogP) is -0.557. The Kier molecular flexibility index (Phi) is 4.46. The van der Waals surface area contributed by atoms with Crippen LogP contribution in [0.3, 0.4) is 0 Å². The summed E-state index contributed by atoms with van der Waals surface area (Å²) >= 11 is 0. The van der Waals surface area contributed by atoms with Crippen molar-refractivity contribution in [3.05, 3.63) is 0 Å². The zero-order valence-corrected chi connectivity index (χ0v) is 9.15. The number of aliphatic hydroxyl groups excluding tert-OH is 2. The molecule has 1 saturated heterocycles. The summed E-state index contributed by atoms with van der Waals surface area (Å²) in [5, 5.41) is 21.0. The maximum atomic E-state index is 11.5. The molecule has 88 valence electrons. The highest BCUT2D eigenvalue weighted by atomic mass is 16.3. The lowest BCUT2D eigenvalue weighted by molar-refractivity contribution is -0.902. The molecule has 6 nitrogen and oxygen atoms in total. The van der Waals surface area contributed by atoms with Crippen LogP contribution in [0.1, 0.15) is 19.8 Å². The van der Waals surface area contributed by atoms with Gasteiger partial charge in [-0.15, -0.1) is 0 Å². The summed E-state index contributed by atoms with van der Waals surface area (Å²) in [6.07, 6.45) is 2.13. The molecule has 0 bridgehead atoms. The van der Waals surface area contributed by atoms with Gasteiger partial charge in [-0.1, -0.05) is 13.3 Å². The van der Waals surface area contributed by atoms with Gasteiger partial charge in [0.1, 0.15) is 6.67 Å². The third-order valence-corrected chi connectivity index (χ3v) is 2.72. The Hall–Kier alpha value is -0.690. The first-order chi connectivity index (χ1) is 7.18. The van der Waals surface area contributed by atoms with Crippen molar-refractivity contribution in [3.8, 4) is 0 Å². The van der Waals surface area contributed by atoms with E-state index in [2.05, 4.69) is 12.2 Å². The minimum absolute atomic E-state index is 0.312. The second-order valence-corrected chi connectivity index (χ2v) is 3.96. The highest BCUT2D eigenvalue weighted by Gasteiger charge is 2.41. The number of carbonyl (C=O) groups is 1. The highest BCUT2D eigenvalue weighted by Crippen LogP contribution is 2.12. The normalized spacial score (nSPS) is 21.4. The van der Waals surface area contributed by atoms with E-state index in [1.165, 1.54) is 0 Å². The molecule has 3 N–H and O–H groups in total. The first-order valence-corrected chi connectivity index (χ1v) is 5.27. The highest BCUT2D eigenvalue weighted by molar-refractivity contribution is 5.67. The second-order valence-electron chi connectivity index (χ2n) is 3.96. The van der Waals surface area contributed by atoms with E-state index in [1.807, 2.05) is 4.90 Å². The van der Waals surface area contributed by atoms with E-state index in [9.17, 15) is 15.0 Å². The number of carbonyl (C=O) groups excluding carboxylic acids is 1. The van der Waals surface area contributed by atoms with E-state index in [1.54, 1.807) is 0 Å². The van der Waals surface area contributed by atoms with Crippen LogP contribution < -0.4 is 5.32 Å². The van der Waals surface area contributed by atoms with Crippen LogP contribution in [0.25, 0.3) is 0 Å². The molecule has 0 aromatic carbocycles. The maximum absolute atomic E-state index is 11.5. The van der Waals surface area contributed by atoms with Gasteiger partial charge in [0, 0.05) is 6.54 Å². The summed E-state index contributed by atoms with van der Waals surface area (Å²) in [5.41, 5.74) is 0. The topological polar surface area (TPSA) is 72.8 Å². The standard InChI is InChI=1S/C9H19N3O3/c1-2-3-4-11-5-10-9(15)12(6-11,7-13)8-14/h13-14H,2-8H2,1H3/p+1. The van der Waals surface area contributed by atoms with Gasteiger partial charge in [-0.05, 0) is 6.42 Å². The Labute approximate surface area is 89.7 Å². The fraction of sp³-hybridized carbons (Fsp3) is 0.889. The largest absolute Gasteiger partial charge is 0.422 e. The van der Waals surface area contributed by atoms with E-state index >= 15 is 0 Å². The van der Waals surface area contributed by atoms with Crippen molar-refractivity contribution in [2.45, 2.75) is 19.8 Å². The van der Waals surface area contributed by atoms with Gasteiger partial charge < -0.3 is 10.2 Å². The molecular formula is C9H20N3O3+. The van der Waals surface area contributed by atoms with Crippen molar-refractivity contribution in [1.29, 1.82) is 0 Å². The molecule has 0 atom stereocenters. The van der Waals surface area contributed by atoms with E-state index in [0.29, 0.717) is 13.3 Å². The smallest absolute Gasteiger partial charge is 0.347 e. The number of amides is 2. The van der Waals surface area contributed by atoms with Crippen LogP contribution in [0.2, 0.25) is 0 Å². The summed E-state index contributed by atoms with van der Waals surface area (Å²) in [6.45, 7) is 3.10. The molecule has 0 aromatic heterocycles. The zero-order valence-electron chi connectivity index (χ0n) is 9.15. The summed E-state index contributed by atoms with van der Waals surface area (Å²) in [5.74, 6) is 0. The zero-order chi connectivity index (χ0) is 11.3. The van der Waals surface area contributed by atoms with E-state index in [-0.39, 0.29) is 24.0 Å². The molecule has 0 aromatic rings. The van der Waals surface area contributed by atoms with Crippen molar-refractivity contribution < 1.29 is 19.5 Å². The quantitative estimate of drug-likeness (QED) is 0.541. The Morgan fingerprint density at radius 2 is 2.13 bits per heavy atom. The molecule has 1 aliphatic rings. The molecule has 15 heavy (non-hydrogen) atoms. The average molecular weight is 218 g/mol. The predicted molar refractivity (Wildman–Crippen MR) is 54.3 cm³/mol. The molecule has 0 aliphatic carbocycles. The van der Waals surface area contributed by atoms with Crippen LogP contribution in [-0.2, 0) is 0 Å². The fourth-order valence-corrected chi connectivity index (χ4v) is 1.64. The Morgan fingerprint density at radius 1 is 1.47 bits per heavy atom. The van der Waals surface area contributed by atoms with Crippen LogP contribution in [0, 0.1) is 0 Å². The Morgan fingerprint density at radius 3 is 2.67 bits per heavy atom. The van der Waals surface area contributed by atoms with Gasteiger partial charge in [0.25, 0.3) is 0 Å². The third kappa shape index (κ3) is 2.66. The van der Waals surface area contributed by atoms with Crippen molar-refractivity contribution in [3.63, 3.8) is 0 Å². The van der Waals surface area contributed by atoms with E-state index < -0.39 is 0 Å². The van der Waals surface area contributed by atoms with Crippen molar-refractivity contribution in [1.82, 2.24) is 10.2 Å². The number of nitrogens with zero attached hydrogens (tertiary/aromatic N) is 2. The van der Waals surface area contributed by atoms with Crippen LogP contribution in [0.4, 0.5) is 4.79 Å². The van der Waals surface area contributed by atoms with Gasteiger partial charge in [0.15, 0.2) is 13.5 Å². The average Bonchev–Trinajstić information content (AvgIpc) is 2.28. The molecular weight excluding hydrogens is 198 g/mol. The number of quaternary nitrogens is 1. The molecule has 2 amide bonds. The SMILES string of the molecule is CCCCN1CNC(=O)[N+](CO)(CO)C1. The number of unbranched alkanes of at least 4 members (excludes halogenated alkanes) is 1. The lowest BCUT2D eigenvalue weighted by atomic mass is 10.3. The fourth-order valence-electron chi connectivity index (χ4n) is 1.64. The molecule has 1 aliphatic heterocycles. The molecule has 0 radical (unpaired) electrons. The van der Waals surface area contributed by atoms with Gasteiger partial charge in [-0.25, -0.2) is 9.69 Å². The molecule has 1 fully saturated rings. The number of hydrogen-bond acceptors (Lipinski definition) is 4. The number of rotatable bonds is 5. The summed E-state index contributed by atoms with van der Waals surface area (Å²) < 4.78 is -0.330. The van der Waals surface area contributed by atoms with Crippen molar-refractivity contribution in [2.75, 3.05) is 33.3 Å². The van der Waals surface area contributed by atoms with Crippen molar-refractivity contribution in [2.24, 2.45) is 0 Å². The summed E-state index contributed by atoms with van der Waals surface area (Å²) in [6, 6.07) is -0.312. The monoisotopic (exact) mass is 218 g/mol. The molecule has 6 heteroatoms. The first-order valence-electron chi connectivity index (χ1n) is 5.27. The Balaban J connectivity index is 2.58. The molecule has 0 saturated carbocycles. The number of nitrogens with one attached hydrogen (secondary N) is 1. The van der Waals surface area contributed by atoms with Crippen LogP contribution in [-0.4, -0.2) is 59.0 Å². The van der Waals surface area contributed by atoms with Gasteiger partial charge in [0.05, 0.1) is 6.67 Å². The Bertz CT molecular complexity index is 219. The molecule has 0 unspecified atom stereocenters. The van der Waals surface area contributed by atoms with Crippen LogP contribution in [0.15, 0.2) is 0 Å². The van der Waals surface area contributed by atoms with Gasteiger partial charge in [0.2, 0.25) is 0 Å². The minimum atomic E-state index is -0.370. The van der Waals surface area contributed by atoms with E-state index in [4.69, 9.17) is 0 Å². The third-order valence-electron chi connectivity index (χ3n) is 2.72. The van der Waals surface area contributed by atoms with Gasteiger partial charge in [-0.3, -0.25) is 5.32 Å². The molecule has 0 spiro atoms. The van der Waals surface area contributed by atoms with Gasteiger partial charge in [-0.2, -0.15) is 4.48 Å². The molecule has 1 heterocycles. The lowest BCUT2D eigenvalue weighted by Crippen LogP contribution is -2.68. The number of urea groups is 1. The van der Waals surface area contributed by atoms with Crippen LogP contribution >= 0.6 is 0 Å². The summed E-state index contributed by atoms with van der Waals surface area (Å²) in [4.78, 5) is 13.5. The van der Waals surface area contributed by atoms with E-state index in [0.717, 1.165) is 19.4 Å². The number of aliphatic hydroxyl groups is 2.